The molecule has 3 heteroatoms. The summed E-state index contributed by atoms with van der Waals surface area (Å²) >= 11 is 2.76. The van der Waals surface area contributed by atoms with Crippen LogP contribution in [0.2, 0.25) is 0 Å². The Kier molecular flexibility index (Phi) is 0.945. The van der Waals surface area contributed by atoms with E-state index in [0.29, 0.717) is 0 Å². The summed E-state index contributed by atoms with van der Waals surface area (Å²) in [6, 6.07) is 1.86. The second-order valence-corrected chi connectivity index (χ2v) is 1.84. The van der Waals surface area contributed by atoms with Crippen molar-refractivity contribution in [1.82, 2.24) is 10.2 Å². The van der Waals surface area contributed by atoms with Crippen molar-refractivity contribution < 1.29 is 0 Å². The molecule has 31 valence electrons. The molecule has 0 spiro atoms. The zero-order valence-corrected chi connectivity index (χ0v) is 4.72. The Labute approximate surface area is 43.8 Å². The average molecular weight is 146 g/mol. The number of rotatable bonds is 0. The van der Waals surface area contributed by atoms with Crippen LogP contribution in [-0.4, -0.2) is 26.2 Å². The van der Waals surface area contributed by atoms with E-state index in [1.54, 1.807) is 6.20 Å². The Morgan fingerprint density at radius 3 is 2.83 bits per heavy atom. The van der Waals surface area contributed by atoms with Crippen molar-refractivity contribution in [3.8, 4) is 0 Å². The first-order valence-electron chi connectivity index (χ1n) is 1.56. The van der Waals surface area contributed by atoms with Gasteiger partial charge in [-0.2, -0.15) is 0 Å². The molecular weight excluding hydrogens is 143 g/mol. The van der Waals surface area contributed by atoms with E-state index in [2.05, 4.69) is 26.2 Å². The molecule has 0 atom stereocenters. The van der Waals surface area contributed by atoms with Gasteiger partial charge in [0.15, 0.2) is 0 Å². The van der Waals surface area contributed by atoms with Crippen molar-refractivity contribution in [3.05, 3.63) is 12.3 Å². The first-order chi connectivity index (χ1) is 2.89. The molecule has 0 aliphatic carbocycles. The Hall–Kier alpha value is -0.271. The molecule has 1 aromatic heterocycles. The van der Waals surface area contributed by atoms with Crippen molar-refractivity contribution >= 4 is 20.6 Å². The van der Waals surface area contributed by atoms with Gasteiger partial charge < -0.3 is 0 Å². The zero-order valence-electron chi connectivity index (χ0n) is 3.01. The number of nitrogens with one attached hydrogen (secondary N) is 1. The van der Waals surface area contributed by atoms with Crippen LogP contribution < -0.4 is 4.59 Å². The minimum atomic E-state index is 0.981. The molecule has 1 aromatic rings. The van der Waals surface area contributed by atoms with E-state index in [9.17, 15) is 0 Å². The van der Waals surface area contributed by atoms with Crippen molar-refractivity contribution in [3.63, 3.8) is 0 Å². The summed E-state index contributed by atoms with van der Waals surface area (Å²) in [6.45, 7) is 0. The number of aromatic nitrogens is 2. The van der Waals surface area contributed by atoms with E-state index in [4.69, 9.17) is 0 Å². The van der Waals surface area contributed by atoms with Gasteiger partial charge in [0, 0.05) is 0 Å². The van der Waals surface area contributed by atoms with Crippen LogP contribution in [0, 0.1) is 0 Å². The molecule has 6 heavy (non-hydrogen) atoms. The molecule has 0 unspecified atom stereocenters. The number of H-pyrrole nitrogens is 1. The van der Waals surface area contributed by atoms with Crippen molar-refractivity contribution in [2.45, 2.75) is 0 Å². The first kappa shape index (κ1) is 3.90. The Bertz CT molecular complexity index is 112. The van der Waals surface area contributed by atoms with Gasteiger partial charge in [-0.25, -0.2) is 0 Å². The molecule has 0 amide bonds. The third-order valence-corrected chi connectivity index (χ3v) is 0.952. The fraction of sp³-hybridized carbons (Fsp3) is 0. The van der Waals surface area contributed by atoms with Crippen molar-refractivity contribution in [2.24, 2.45) is 0 Å². The molecular formula is C3H3N2Se. The van der Waals surface area contributed by atoms with E-state index in [1.165, 1.54) is 0 Å². The van der Waals surface area contributed by atoms with Crippen LogP contribution in [0.4, 0.5) is 0 Å². The molecule has 0 aliphatic rings. The predicted molar refractivity (Wildman–Crippen MR) is 24.0 cm³/mol. The first-order valence-corrected chi connectivity index (χ1v) is 2.41. The summed E-state index contributed by atoms with van der Waals surface area (Å²) in [5, 5.41) is 6.36. The van der Waals surface area contributed by atoms with Gasteiger partial charge >= 0.3 is 43.1 Å². The number of hydrogen-bond acceptors (Lipinski definition) is 1. The maximum atomic E-state index is 3.67. The SMILES string of the molecule is [Se]c1ccn[nH]1. The van der Waals surface area contributed by atoms with Crippen LogP contribution in [0.1, 0.15) is 0 Å². The third-order valence-electron chi connectivity index (χ3n) is 0.475. The summed E-state index contributed by atoms with van der Waals surface area (Å²) in [7, 11) is 0. The second-order valence-electron chi connectivity index (χ2n) is 0.921. The molecule has 0 fully saturated rings. The van der Waals surface area contributed by atoms with Crippen molar-refractivity contribution in [2.75, 3.05) is 0 Å². The van der Waals surface area contributed by atoms with Gasteiger partial charge in [0.05, 0.1) is 0 Å². The van der Waals surface area contributed by atoms with Crippen LogP contribution in [0.3, 0.4) is 0 Å². The number of hydrogen-bond donors (Lipinski definition) is 1. The summed E-state index contributed by atoms with van der Waals surface area (Å²) in [5.74, 6) is 0. The van der Waals surface area contributed by atoms with Crippen molar-refractivity contribution in [1.29, 1.82) is 0 Å². The topological polar surface area (TPSA) is 28.7 Å². The quantitative estimate of drug-likeness (QED) is 0.477. The number of nitrogens with zero attached hydrogens (tertiary/aromatic N) is 1. The van der Waals surface area contributed by atoms with Crippen LogP contribution in [-0.2, 0) is 0 Å². The molecule has 0 saturated heterocycles. The molecule has 1 N–H and O–H groups in total. The average Bonchev–Trinajstić information content (AvgIpc) is 1.86. The molecule has 1 radical (unpaired) electrons. The third kappa shape index (κ3) is 0.614. The Morgan fingerprint density at radius 1 is 1.83 bits per heavy atom. The van der Waals surface area contributed by atoms with Gasteiger partial charge in [-0.3, -0.25) is 0 Å². The zero-order chi connectivity index (χ0) is 4.41. The summed E-state index contributed by atoms with van der Waals surface area (Å²) < 4.78 is 0.981. The van der Waals surface area contributed by atoms with E-state index in [0.717, 1.165) is 4.59 Å². The predicted octanol–water partition coefficient (Wildman–Crippen LogP) is -0.797. The second kappa shape index (κ2) is 1.45. The standard InChI is InChI=1S/C3H3N2Se/c6-3-1-2-4-5-3/h1-2H,(H,4,5). The molecule has 0 aliphatic heterocycles. The number of aromatic amines is 1. The molecule has 1 heterocycles. The minimum absolute atomic E-state index is 0.981. The van der Waals surface area contributed by atoms with Crippen LogP contribution in [0.25, 0.3) is 0 Å². The summed E-state index contributed by atoms with van der Waals surface area (Å²) in [6.07, 6.45) is 1.70. The molecule has 0 bridgehead atoms. The molecule has 0 aromatic carbocycles. The fourth-order valence-electron chi connectivity index (χ4n) is 0.243. The summed E-state index contributed by atoms with van der Waals surface area (Å²) in [4.78, 5) is 0. The van der Waals surface area contributed by atoms with Gasteiger partial charge in [0.1, 0.15) is 0 Å². The van der Waals surface area contributed by atoms with Gasteiger partial charge in [0.2, 0.25) is 0 Å². The Balaban J connectivity index is 3.05. The molecule has 1 rings (SSSR count). The monoisotopic (exact) mass is 147 g/mol. The van der Waals surface area contributed by atoms with Gasteiger partial charge in [-0.05, 0) is 0 Å². The van der Waals surface area contributed by atoms with E-state index in [1.807, 2.05) is 6.07 Å². The summed E-state index contributed by atoms with van der Waals surface area (Å²) in [5.41, 5.74) is 0. The van der Waals surface area contributed by atoms with E-state index in [-0.39, 0.29) is 0 Å². The molecule has 2 nitrogen and oxygen atoms in total. The van der Waals surface area contributed by atoms with E-state index < -0.39 is 0 Å². The Morgan fingerprint density at radius 2 is 2.67 bits per heavy atom. The van der Waals surface area contributed by atoms with Crippen LogP contribution in [0.15, 0.2) is 12.3 Å². The molecule has 0 saturated carbocycles. The maximum absolute atomic E-state index is 3.67. The van der Waals surface area contributed by atoms with Gasteiger partial charge in [-0.15, -0.1) is 0 Å². The van der Waals surface area contributed by atoms with Gasteiger partial charge in [0.25, 0.3) is 0 Å². The normalized spacial score (nSPS) is 8.67. The van der Waals surface area contributed by atoms with Crippen LogP contribution >= 0.6 is 0 Å². The van der Waals surface area contributed by atoms with E-state index >= 15 is 0 Å². The fourth-order valence-corrected chi connectivity index (χ4v) is 0.481. The van der Waals surface area contributed by atoms with Crippen LogP contribution in [0.5, 0.6) is 0 Å². The van der Waals surface area contributed by atoms with Gasteiger partial charge in [-0.1, -0.05) is 0 Å².